The molecule has 0 saturated carbocycles. The zero-order valence-electron chi connectivity index (χ0n) is 24.5. The second kappa shape index (κ2) is 12.7. The van der Waals surface area contributed by atoms with E-state index in [0.29, 0.717) is 33.6 Å². The molecule has 4 aromatic carbocycles. The van der Waals surface area contributed by atoms with Crippen LogP contribution in [-0.4, -0.2) is 30.1 Å². The second-order valence-electron chi connectivity index (χ2n) is 10.3. The van der Waals surface area contributed by atoms with Crippen molar-refractivity contribution < 1.29 is 18.6 Å². The molecule has 1 aromatic heterocycles. The van der Waals surface area contributed by atoms with Crippen LogP contribution in [0, 0.1) is 12.7 Å². The molecule has 0 atom stereocenters. The summed E-state index contributed by atoms with van der Waals surface area (Å²) in [6.45, 7) is 6.08. The number of aryl methyl sites for hydroxylation is 1. The summed E-state index contributed by atoms with van der Waals surface area (Å²) < 4.78 is 32.4. The third-order valence-corrected chi connectivity index (χ3v) is 7.38. The zero-order chi connectivity index (χ0) is 30.7. The molecule has 0 aliphatic heterocycles. The highest BCUT2D eigenvalue weighted by Crippen LogP contribution is 2.37. The lowest BCUT2D eigenvalue weighted by Crippen LogP contribution is -2.20. The van der Waals surface area contributed by atoms with Crippen molar-refractivity contribution in [2.75, 3.05) is 14.2 Å². The third-order valence-electron chi connectivity index (χ3n) is 7.10. The van der Waals surface area contributed by atoms with Gasteiger partial charge < -0.3 is 14.2 Å². The van der Waals surface area contributed by atoms with Crippen molar-refractivity contribution in [3.8, 4) is 28.6 Å². The molecular weight excluding hydrogens is 569 g/mol. The summed E-state index contributed by atoms with van der Waals surface area (Å²) in [6, 6.07) is 20.8. The first-order valence-electron chi connectivity index (χ1n) is 13.7. The van der Waals surface area contributed by atoms with Crippen LogP contribution in [0.5, 0.6) is 17.2 Å². The summed E-state index contributed by atoms with van der Waals surface area (Å²) in [5, 5.41) is 5.27. The van der Waals surface area contributed by atoms with Crippen molar-refractivity contribution in [2.45, 2.75) is 33.3 Å². The number of rotatable bonds is 9. The third kappa shape index (κ3) is 6.10. The van der Waals surface area contributed by atoms with Gasteiger partial charge in [0.25, 0.3) is 5.56 Å². The quantitative estimate of drug-likeness (QED) is 0.162. The van der Waals surface area contributed by atoms with E-state index in [2.05, 4.69) is 18.9 Å². The van der Waals surface area contributed by atoms with Crippen LogP contribution >= 0.6 is 11.6 Å². The van der Waals surface area contributed by atoms with Crippen LogP contribution in [0.1, 0.15) is 42.0 Å². The summed E-state index contributed by atoms with van der Waals surface area (Å²) in [5.74, 6) is 1.57. The fourth-order valence-electron chi connectivity index (χ4n) is 4.82. The van der Waals surface area contributed by atoms with Crippen LogP contribution in [0.4, 0.5) is 4.39 Å². The molecule has 0 aliphatic carbocycles. The van der Waals surface area contributed by atoms with Crippen LogP contribution in [0.3, 0.4) is 0 Å². The van der Waals surface area contributed by atoms with E-state index in [1.807, 2.05) is 25.1 Å². The Morgan fingerprint density at radius 1 is 1.00 bits per heavy atom. The lowest BCUT2D eigenvalue weighted by Gasteiger charge is -2.17. The molecule has 9 heteroatoms. The minimum atomic E-state index is -0.376. The summed E-state index contributed by atoms with van der Waals surface area (Å²) >= 11 is 6.58. The van der Waals surface area contributed by atoms with Crippen molar-refractivity contribution in [3.63, 3.8) is 0 Å². The Bertz CT molecular complexity index is 1900. The van der Waals surface area contributed by atoms with Crippen LogP contribution in [0.25, 0.3) is 22.3 Å². The molecule has 43 heavy (non-hydrogen) atoms. The lowest BCUT2D eigenvalue weighted by atomic mass is 9.96. The normalized spacial score (nSPS) is 11.4. The van der Waals surface area contributed by atoms with Gasteiger partial charge in [0, 0.05) is 11.1 Å². The molecule has 0 unspecified atom stereocenters. The van der Waals surface area contributed by atoms with E-state index in [0.717, 1.165) is 22.4 Å². The van der Waals surface area contributed by atoms with E-state index < -0.39 is 0 Å². The van der Waals surface area contributed by atoms with E-state index in [1.54, 1.807) is 55.6 Å². The highest BCUT2D eigenvalue weighted by molar-refractivity contribution is 6.32. The minimum Gasteiger partial charge on any atom is -0.496 e. The van der Waals surface area contributed by atoms with Crippen LogP contribution in [-0.2, 0) is 6.61 Å². The van der Waals surface area contributed by atoms with E-state index >= 15 is 0 Å². The first-order valence-corrected chi connectivity index (χ1v) is 14.1. The van der Waals surface area contributed by atoms with E-state index in [9.17, 15) is 9.18 Å². The average molecular weight is 600 g/mol. The Balaban J connectivity index is 1.59. The molecule has 0 spiro atoms. The Kier molecular flexibility index (Phi) is 8.78. The maximum absolute atomic E-state index is 14.1. The first kappa shape index (κ1) is 29.8. The van der Waals surface area contributed by atoms with Crippen molar-refractivity contribution in [3.05, 3.63) is 116 Å². The molecule has 0 bridgehead atoms. The number of ether oxygens (including phenoxy) is 3. The maximum Gasteiger partial charge on any atom is 0.282 e. The van der Waals surface area contributed by atoms with Crippen LogP contribution < -0.4 is 19.8 Å². The monoisotopic (exact) mass is 599 g/mol. The molecule has 0 fully saturated rings. The van der Waals surface area contributed by atoms with Gasteiger partial charge in [-0.1, -0.05) is 55.8 Å². The standard InChI is InChI=1S/C34H31ClFN3O4/c1-20(2)25-17-26(21(3)14-30(25)41-4)33-38-29-13-9-7-11-24(29)34(40)39(33)37-18-22-15-27(35)32(31(16-22)42-5)43-19-23-10-6-8-12-28(23)36/h6-18,20H,19H2,1-5H3. The number of halogens is 2. The topological polar surface area (TPSA) is 74.9 Å². The predicted octanol–water partition coefficient (Wildman–Crippen LogP) is 7.77. The van der Waals surface area contributed by atoms with Gasteiger partial charge in [-0.15, -0.1) is 0 Å². The van der Waals surface area contributed by atoms with E-state index in [1.165, 1.54) is 24.1 Å². The summed E-state index contributed by atoms with van der Waals surface area (Å²) in [4.78, 5) is 18.6. The minimum absolute atomic E-state index is 0.0305. The fraction of sp³-hybridized carbons (Fsp3) is 0.206. The van der Waals surface area contributed by atoms with Gasteiger partial charge in [-0.3, -0.25) is 4.79 Å². The molecular formula is C34H31ClFN3O4. The fourth-order valence-corrected chi connectivity index (χ4v) is 5.09. The number of benzene rings is 4. The van der Waals surface area contributed by atoms with Gasteiger partial charge in [0.05, 0.1) is 36.4 Å². The van der Waals surface area contributed by atoms with Crippen LogP contribution in [0.15, 0.2) is 82.7 Å². The molecule has 0 saturated heterocycles. The maximum atomic E-state index is 14.1. The molecule has 5 rings (SSSR count). The van der Waals surface area contributed by atoms with Crippen molar-refractivity contribution in [1.29, 1.82) is 0 Å². The number of para-hydroxylation sites is 1. The number of aromatic nitrogens is 2. The van der Waals surface area contributed by atoms with Gasteiger partial charge in [0.15, 0.2) is 17.3 Å². The van der Waals surface area contributed by atoms with E-state index in [4.69, 9.17) is 30.8 Å². The Morgan fingerprint density at radius 2 is 1.72 bits per heavy atom. The highest BCUT2D eigenvalue weighted by Gasteiger charge is 2.19. The lowest BCUT2D eigenvalue weighted by molar-refractivity contribution is 0.280. The van der Waals surface area contributed by atoms with Crippen molar-refractivity contribution in [2.24, 2.45) is 5.10 Å². The van der Waals surface area contributed by atoms with Gasteiger partial charge in [-0.2, -0.15) is 9.78 Å². The zero-order valence-corrected chi connectivity index (χ0v) is 25.3. The van der Waals surface area contributed by atoms with Gasteiger partial charge in [-0.25, -0.2) is 9.37 Å². The summed E-state index contributed by atoms with van der Waals surface area (Å²) in [7, 11) is 3.13. The highest BCUT2D eigenvalue weighted by atomic mass is 35.5. The molecule has 0 amide bonds. The largest absolute Gasteiger partial charge is 0.496 e. The van der Waals surface area contributed by atoms with Gasteiger partial charge in [0.1, 0.15) is 18.2 Å². The van der Waals surface area contributed by atoms with E-state index in [-0.39, 0.29) is 34.7 Å². The summed E-state index contributed by atoms with van der Waals surface area (Å²) in [5.41, 5.74) is 3.82. The first-order chi connectivity index (χ1) is 20.7. The number of fused-ring (bicyclic) bond motifs is 1. The number of hydrogen-bond acceptors (Lipinski definition) is 6. The smallest absolute Gasteiger partial charge is 0.282 e. The molecule has 0 N–H and O–H groups in total. The van der Waals surface area contributed by atoms with Gasteiger partial charge >= 0.3 is 0 Å². The number of nitrogens with zero attached hydrogens (tertiary/aromatic N) is 3. The second-order valence-corrected chi connectivity index (χ2v) is 10.7. The molecule has 0 radical (unpaired) electrons. The molecule has 220 valence electrons. The molecule has 7 nitrogen and oxygen atoms in total. The Morgan fingerprint density at radius 3 is 2.44 bits per heavy atom. The number of methoxy groups -OCH3 is 2. The summed E-state index contributed by atoms with van der Waals surface area (Å²) in [6.07, 6.45) is 1.51. The van der Waals surface area contributed by atoms with Gasteiger partial charge in [-0.05, 0) is 72.0 Å². The Labute approximate surface area is 254 Å². The molecule has 0 aliphatic rings. The van der Waals surface area contributed by atoms with Gasteiger partial charge in [0.2, 0.25) is 0 Å². The SMILES string of the molecule is COc1cc(C)c(-c2nc3ccccc3c(=O)n2N=Cc2cc(Cl)c(OCc3ccccc3F)c(OC)c2)cc1C(C)C. The molecule has 1 heterocycles. The molecule has 5 aromatic rings. The van der Waals surface area contributed by atoms with Crippen molar-refractivity contribution >= 4 is 28.7 Å². The Hall–Kier alpha value is -4.69. The van der Waals surface area contributed by atoms with Crippen molar-refractivity contribution in [1.82, 2.24) is 9.66 Å². The number of hydrogen-bond donors (Lipinski definition) is 0. The van der Waals surface area contributed by atoms with Crippen LogP contribution in [0.2, 0.25) is 5.02 Å². The average Bonchev–Trinajstić information content (AvgIpc) is 3.00. The predicted molar refractivity (Wildman–Crippen MR) is 169 cm³/mol.